The summed E-state index contributed by atoms with van der Waals surface area (Å²) >= 11 is 14.2. The van der Waals surface area contributed by atoms with Gasteiger partial charge in [-0.2, -0.15) is 0 Å². The number of ether oxygens (including phenoxy) is 1. The molecule has 140 valence electrons. The molecule has 0 radical (unpaired) electrons. The number of carbonyl (C=O) groups excluding carboxylic acids is 1. The Morgan fingerprint density at radius 2 is 1.93 bits per heavy atom. The minimum Gasteiger partial charge on any atom is -0.497 e. The number of rotatable bonds is 5. The van der Waals surface area contributed by atoms with Gasteiger partial charge in [-0.25, -0.2) is 4.98 Å². The van der Waals surface area contributed by atoms with Gasteiger partial charge in [0.05, 0.1) is 33.4 Å². The molecule has 1 aromatic heterocycles. The van der Waals surface area contributed by atoms with Crippen LogP contribution in [0.2, 0.25) is 10.0 Å². The van der Waals surface area contributed by atoms with Crippen molar-refractivity contribution in [3.63, 3.8) is 0 Å². The Labute approximate surface area is 172 Å². The van der Waals surface area contributed by atoms with E-state index in [0.29, 0.717) is 33.0 Å². The fraction of sp³-hybridized carbons (Fsp3) is 0.200. The highest BCUT2D eigenvalue weighted by Gasteiger charge is 2.14. The SMILES string of the molecule is COc1ccc(C(=O)Nc2ccc(-c3csc(C(C)C)n3)c(Cl)c2)c(Cl)c1. The minimum absolute atomic E-state index is 0.317. The molecular weight excluding hydrogens is 403 g/mol. The molecule has 0 unspecified atom stereocenters. The predicted molar refractivity (Wildman–Crippen MR) is 113 cm³/mol. The number of anilines is 1. The fourth-order valence-corrected chi connectivity index (χ4v) is 3.85. The highest BCUT2D eigenvalue weighted by atomic mass is 35.5. The van der Waals surface area contributed by atoms with Crippen molar-refractivity contribution in [2.45, 2.75) is 19.8 Å². The van der Waals surface area contributed by atoms with Crippen molar-refractivity contribution in [1.82, 2.24) is 4.98 Å². The van der Waals surface area contributed by atoms with Gasteiger partial charge in [0.15, 0.2) is 0 Å². The fourth-order valence-electron chi connectivity index (χ4n) is 2.48. The largest absolute Gasteiger partial charge is 0.497 e. The van der Waals surface area contributed by atoms with Gasteiger partial charge in [-0.05, 0) is 36.4 Å². The number of nitrogens with zero attached hydrogens (tertiary/aromatic N) is 1. The van der Waals surface area contributed by atoms with Gasteiger partial charge in [-0.1, -0.05) is 37.0 Å². The molecule has 3 rings (SSSR count). The standard InChI is InChI=1S/C20H18Cl2N2O2S/c1-11(2)20-24-18(10-27-20)14-6-4-12(8-16(14)21)23-19(25)15-7-5-13(26-3)9-17(15)22/h4-11H,1-3H3,(H,23,25). The number of nitrogens with one attached hydrogen (secondary N) is 1. The molecule has 0 spiro atoms. The molecule has 0 aliphatic heterocycles. The van der Waals surface area contributed by atoms with Crippen molar-refractivity contribution < 1.29 is 9.53 Å². The van der Waals surface area contributed by atoms with Gasteiger partial charge in [0.25, 0.3) is 5.91 Å². The Morgan fingerprint density at radius 3 is 2.52 bits per heavy atom. The van der Waals surface area contributed by atoms with Crippen LogP contribution in [0.5, 0.6) is 5.75 Å². The summed E-state index contributed by atoms with van der Waals surface area (Å²) < 4.78 is 5.10. The second-order valence-corrected chi connectivity index (χ2v) is 7.92. The normalized spacial score (nSPS) is 10.9. The van der Waals surface area contributed by atoms with E-state index in [4.69, 9.17) is 27.9 Å². The molecule has 7 heteroatoms. The summed E-state index contributed by atoms with van der Waals surface area (Å²) in [7, 11) is 1.54. The molecule has 0 aliphatic carbocycles. The highest BCUT2D eigenvalue weighted by molar-refractivity contribution is 7.10. The molecule has 1 amide bonds. The second kappa shape index (κ2) is 8.30. The van der Waals surface area contributed by atoms with Gasteiger partial charge < -0.3 is 10.1 Å². The average Bonchev–Trinajstić information content (AvgIpc) is 3.11. The number of benzene rings is 2. The van der Waals surface area contributed by atoms with E-state index in [1.165, 1.54) is 0 Å². The second-order valence-electron chi connectivity index (χ2n) is 6.22. The van der Waals surface area contributed by atoms with Crippen LogP contribution in [0.4, 0.5) is 5.69 Å². The van der Waals surface area contributed by atoms with Gasteiger partial charge in [0, 0.05) is 22.5 Å². The lowest BCUT2D eigenvalue weighted by atomic mass is 10.1. The zero-order chi connectivity index (χ0) is 19.6. The van der Waals surface area contributed by atoms with Crippen LogP contribution in [0.25, 0.3) is 11.3 Å². The van der Waals surface area contributed by atoms with Gasteiger partial charge in [-0.3, -0.25) is 4.79 Å². The van der Waals surface area contributed by atoms with Crippen LogP contribution < -0.4 is 10.1 Å². The molecule has 0 saturated carbocycles. The van der Waals surface area contributed by atoms with Crippen molar-refractivity contribution in [2.75, 3.05) is 12.4 Å². The van der Waals surface area contributed by atoms with Crippen LogP contribution in [-0.4, -0.2) is 18.0 Å². The molecule has 1 N–H and O–H groups in total. The third kappa shape index (κ3) is 4.43. The zero-order valence-electron chi connectivity index (χ0n) is 15.0. The van der Waals surface area contributed by atoms with Crippen LogP contribution >= 0.6 is 34.5 Å². The van der Waals surface area contributed by atoms with Crippen molar-refractivity contribution in [1.29, 1.82) is 0 Å². The van der Waals surface area contributed by atoms with Crippen LogP contribution in [0.1, 0.15) is 35.1 Å². The van der Waals surface area contributed by atoms with E-state index in [1.54, 1.807) is 48.8 Å². The van der Waals surface area contributed by atoms with Crippen molar-refractivity contribution in [3.05, 3.63) is 62.4 Å². The lowest BCUT2D eigenvalue weighted by Crippen LogP contribution is -2.12. The summed E-state index contributed by atoms with van der Waals surface area (Å²) in [5.41, 5.74) is 2.61. The first-order valence-corrected chi connectivity index (χ1v) is 9.93. The zero-order valence-corrected chi connectivity index (χ0v) is 17.4. The molecule has 4 nitrogen and oxygen atoms in total. The minimum atomic E-state index is -0.317. The Hall–Kier alpha value is -2.08. The Balaban J connectivity index is 1.80. The third-order valence-electron chi connectivity index (χ3n) is 3.94. The van der Waals surface area contributed by atoms with Gasteiger partial charge in [-0.15, -0.1) is 11.3 Å². The predicted octanol–water partition coefficient (Wildman–Crippen LogP) is 6.50. The van der Waals surface area contributed by atoms with E-state index in [1.807, 2.05) is 11.4 Å². The number of halogens is 2. The topological polar surface area (TPSA) is 51.2 Å². The molecule has 0 fully saturated rings. The molecule has 3 aromatic rings. The molecule has 0 aliphatic rings. The van der Waals surface area contributed by atoms with Crippen LogP contribution in [0.3, 0.4) is 0 Å². The number of hydrogen-bond donors (Lipinski definition) is 1. The quantitative estimate of drug-likeness (QED) is 0.512. The summed E-state index contributed by atoms with van der Waals surface area (Å²) in [6.45, 7) is 4.21. The maximum atomic E-state index is 12.5. The van der Waals surface area contributed by atoms with E-state index < -0.39 is 0 Å². The van der Waals surface area contributed by atoms with E-state index >= 15 is 0 Å². The Kier molecular flexibility index (Phi) is 6.05. The molecule has 1 heterocycles. The molecule has 0 bridgehead atoms. The first kappa shape index (κ1) is 19.7. The highest BCUT2D eigenvalue weighted by Crippen LogP contribution is 2.33. The monoisotopic (exact) mass is 420 g/mol. The van der Waals surface area contributed by atoms with E-state index in [0.717, 1.165) is 16.3 Å². The van der Waals surface area contributed by atoms with Gasteiger partial charge >= 0.3 is 0 Å². The van der Waals surface area contributed by atoms with Gasteiger partial charge in [0.2, 0.25) is 0 Å². The number of amides is 1. The lowest BCUT2D eigenvalue weighted by molar-refractivity contribution is 0.102. The smallest absolute Gasteiger partial charge is 0.257 e. The summed E-state index contributed by atoms with van der Waals surface area (Å²) in [6, 6.07) is 10.3. The molecule has 0 atom stereocenters. The van der Waals surface area contributed by atoms with Crippen molar-refractivity contribution >= 4 is 46.1 Å². The number of carbonyl (C=O) groups is 1. The number of thiazole rings is 1. The third-order valence-corrected chi connectivity index (χ3v) is 5.71. The van der Waals surface area contributed by atoms with Crippen LogP contribution in [0.15, 0.2) is 41.8 Å². The number of aromatic nitrogens is 1. The molecule has 2 aromatic carbocycles. The van der Waals surface area contributed by atoms with Crippen LogP contribution in [-0.2, 0) is 0 Å². The lowest BCUT2D eigenvalue weighted by Gasteiger charge is -2.10. The maximum Gasteiger partial charge on any atom is 0.257 e. The first-order chi connectivity index (χ1) is 12.9. The molecule has 27 heavy (non-hydrogen) atoms. The summed E-state index contributed by atoms with van der Waals surface area (Å²) in [4.78, 5) is 17.1. The molecule has 0 saturated heterocycles. The van der Waals surface area contributed by atoms with Crippen molar-refractivity contribution in [3.8, 4) is 17.0 Å². The Bertz CT molecular complexity index is 986. The average molecular weight is 421 g/mol. The number of hydrogen-bond acceptors (Lipinski definition) is 4. The van der Waals surface area contributed by atoms with Gasteiger partial charge in [0.1, 0.15) is 5.75 Å². The Morgan fingerprint density at radius 1 is 1.15 bits per heavy atom. The first-order valence-electron chi connectivity index (χ1n) is 8.29. The number of methoxy groups -OCH3 is 1. The summed E-state index contributed by atoms with van der Waals surface area (Å²) in [5, 5.41) is 6.71. The van der Waals surface area contributed by atoms with E-state index in [-0.39, 0.29) is 5.91 Å². The van der Waals surface area contributed by atoms with E-state index in [9.17, 15) is 4.79 Å². The van der Waals surface area contributed by atoms with E-state index in [2.05, 4.69) is 24.1 Å². The van der Waals surface area contributed by atoms with Crippen molar-refractivity contribution in [2.24, 2.45) is 0 Å². The maximum absolute atomic E-state index is 12.5. The summed E-state index contributed by atoms with van der Waals surface area (Å²) in [5.74, 6) is 0.644. The molecular formula is C20H18Cl2N2O2S. The summed E-state index contributed by atoms with van der Waals surface area (Å²) in [6.07, 6.45) is 0. The van der Waals surface area contributed by atoms with Crippen LogP contribution in [0, 0.1) is 0 Å².